The van der Waals surface area contributed by atoms with Gasteiger partial charge in [0.1, 0.15) is 35.2 Å². The third-order valence-corrected chi connectivity index (χ3v) is 5.21. The summed E-state index contributed by atoms with van der Waals surface area (Å²) in [4.78, 5) is 25.3. The first-order valence-electron chi connectivity index (χ1n) is 11.2. The van der Waals surface area contributed by atoms with Gasteiger partial charge >= 0.3 is 11.9 Å². The Hall–Kier alpha value is -3.68. The molecule has 3 rings (SSSR count). The first-order chi connectivity index (χ1) is 16.0. The first-order valence-corrected chi connectivity index (χ1v) is 11.2. The molecular weight excluding hydrogens is 434 g/mol. The van der Waals surface area contributed by atoms with Gasteiger partial charge in [-0.25, -0.2) is 4.79 Å². The Morgan fingerprint density at radius 3 is 2.32 bits per heavy atom. The fourth-order valence-corrected chi connectivity index (χ4v) is 3.39. The van der Waals surface area contributed by atoms with Gasteiger partial charge in [0, 0.05) is 17.6 Å². The molecule has 2 aromatic carbocycles. The van der Waals surface area contributed by atoms with Gasteiger partial charge in [-0.1, -0.05) is 45.5 Å². The molecule has 0 spiro atoms. The molecule has 0 aliphatic rings. The summed E-state index contributed by atoms with van der Waals surface area (Å²) in [6.45, 7) is 12.7. The van der Waals surface area contributed by atoms with Crippen LogP contribution in [0.1, 0.15) is 52.2 Å². The standard InChI is InChI=1S/C26H31N3O5/c1-16(2)25(32)33-15-17(3)34-23(30)12-11-18-13-19(26(4,5)6)24(31)22(14-18)29-27-20-9-7-8-10-21(20)28-29/h7-10,13-14,17,31H,1,11-12,15H2,2-6H3. The van der Waals surface area contributed by atoms with Crippen molar-refractivity contribution >= 4 is 23.0 Å². The van der Waals surface area contributed by atoms with E-state index in [2.05, 4.69) is 16.8 Å². The van der Waals surface area contributed by atoms with Crippen molar-refractivity contribution < 1.29 is 24.2 Å². The summed E-state index contributed by atoms with van der Waals surface area (Å²) in [7, 11) is 0. The second-order valence-corrected chi connectivity index (χ2v) is 9.42. The van der Waals surface area contributed by atoms with Crippen LogP contribution in [0.3, 0.4) is 0 Å². The van der Waals surface area contributed by atoms with E-state index in [4.69, 9.17) is 9.47 Å². The van der Waals surface area contributed by atoms with Crippen molar-refractivity contribution in [1.82, 2.24) is 15.0 Å². The largest absolute Gasteiger partial charge is 0.505 e. The number of esters is 2. The van der Waals surface area contributed by atoms with E-state index in [1.807, 2.05) is 51.1 Å². The minimum atomic E-state index is -0.572. The molecule has 3 aromatic rings. The molecule has 0 amide bonds. The number of carbonyl (C=O) groups excluding carboxylic acids is 2. The monoisotopic (exact) mass is 465 g/mol. The summed E-state index contributed by atoms with van der Waals surface area (Å²) in [6.07, 6.45) is -0.0491. The van der Waals surface area contributed by atoms with Crippen LogP contribution in [0.25, 0.3) is 16.7 Å². The molecule has 0 saturated carbocycles. The average molecular weight is 466 g/mol. The predicted octanol–water partition coefficient (Wildman–Crippen LogP) is 4.41. The number of fused-ring (bicyclic) bond motifs is 1. The van der Waals surface area contributed by atoms with Gasteiger partial charge < -0.3 is 14.6 Å². The van der Waals surface area contributed by atoms with Gasteiger partial charge in [-0.2, -0.15) is 0 Å². The predicted molar refractivity (Wildman–Crippen MR) is 129 cm³/mol. The SMILES string of the molecule is C=C(C)C(=O)OCC(C)OC(=O)CCc1cc(-n2nc3ccccc3n2)c(O)c(C(C)(C)C)c1. The summed E-state index contributed by atoms with van der Waals surface area (Å²) in [5.74, 6) is -0.824. The molecule has 0 aliphatic heterocycles. The second kappa shape index (κ2) is 10.1. The second-order valence-electron chi connectivity index (χ2n) is 9.42. The number of phenolic OH excluding ortho intramolecular Hbond substituents is 1. The highest BCUT2D eigenvalue weighted by Gasteiger charge is 2.23. The summed E-state index contributed by atoms with van der Waals surface area (Å²) in [5, 5.41) is 20.0. The third kappa shape index (κ3) is 6.01. The van der Waals surface area contributed by atoms with Crippen LogP contribution >= 0.6 is 0 Å². The van der Waals surface area contributed by atoms with Gasteiger partial charge in [0.05, 0.1) is 0 Å². The van der Waals surface area contributed by atoms with E-state index < -0.39 is 18.0 Å². The molecule has 1 N–H and O–H groups in total. The number of aryl methyl sites for hydroxylation is 1. The van der Waals surface area contributed by atoms with E-state index >= 15 is 0 Å². The maximum Gasteiger partial charge on any atom is 0.333 e. The van der Waals surface area contributed by atoms with Crippen LogP contribution in [0.15, 0.2) is 48.6 Å². The highest BCUT2D eigenvalue weighted by Crippen LogP contribution is 2.36. The molecule has 34 heavy (non-hydrogen) atoms. The van der Waals surface area contributed by atoms with E-state index in [1.54, 1.807) is 19.9 Å². The van der Waals surface area contributed by atoms with Crippen molar-refractivity contribution in [3.05, 3.63) is 59.7 Å². The van der Waals surface area contributed by atoms with E-state index in [0.29, 0.717) is 12.1 Å². The van der Waals surface area contributed by atoms with Crippen LogP contribution in [0, 0.1) is 0 Å². The van der Waals surface area contributed by atoms with Gasteiger partial charge in [-0.3, -0.25) is 4.79 Å². The quantitative estimate of drug-likeness (QED) is 0.388. The number of aromatic nitrogens is 3. The molecule has 180 valence electrons. The Morgan fingerprint density at radius 2 is 1.76 bits per heavy atom. The van der Waals surface area contributed by atoms with Gasteiger partial charge in [0.25, 0.3) is 0 Å². The van der Waals surface area contributed by atoms with E-state index in [-0.39, 0.29) is 29.8 Å². The molecule has 0 aliphatic carbocycles. The fraction of sp³-hybridized carbons (Fsp3) is 0.385. The minimum Gasteiger partial charge on any atom is -0.505 e. The van der Waals surface area contributed by atoms with E-state index in [0.717, 1.165) is 22.2 Å². The van der Waals surface area contributed by atoms with Gasteiger partial charge in [0.2, 0.25) is 0 Å². The Labute approximate surface area is 199 Å². The lowest BCUT2D eigenvalue weighted by molar-refractivity contribution is -0.156. The maximum absolute atomic E-state index is 12.4. The smallest absolute Gasteiger partial charge is 0.333 e. The Morgan fingerprint density at radius 1 is 1.15 bits per heavy atom. The Kier molecular flexibility index (Phi) is 7.39. The molecule has 1 aromatic heterocycles. The van der Waals surface area contributed by atoms with Crippen molar-refractivity contribution in [3.8, 4) is 11.4 Å². The molecule has 0 fully saturated rings. The highest BCUT2D eigenvalue weighted by molar-refractivity contribution is 5.86. The fourth-order valence-electron chi connectivity index (χ4n) is 3.39. The molecule has 1 unspecified atom stereocenters. The lowest BCUT2D eigenvalue weighted by Crippen LogP contribution is -2.22. The lowest BCUT2D eigenvalue weighted by atomic mass is 9.84. The zero-order valence-electron chi connectivity index (χ0n) is 20.3. The summed E-state index contributed by atoms with van der Waals surface area (Å²) >= 11 is 0. The third-order valence-electron chi connectivity index (χ3n) is 5.21. The maximum atomic E-state index is 12.4. The summed E-state index contributed by atoms with van der Waals surface area (Å²) in [6, 6.07) is 11.2. The normalized spacial score (nSPS) is 12.4. The van der Waals surface area contributed by atoms with Gasteiger partial charge in [0.15, 0.2) is 0 Å². The number of carbonyl (C=O) groups is 2. The lowest BCUT2D eigenvalue weighted by Gasteiger charge is -2.23. The van der Waals surface area contributed by atoms with Gasteiger partial charge in [-0.05, 0) is 49.4 Å². The molecule has 0 bridgehead atoms. The number of hydrogen-bond acceptors (Lipinski definition) is 7. The van der Waals surface area contributed by atoms with Crippen LogP contribution < -0.4 is 0 Å². The summed E-state index contributed by atoms with van der Waals surface area (Å²) in [5.41, 5.74) is 3.41. The van der Waals surface area contributed by atoms with Crippen molar-refractivity contribution in [2.45, 2.75) is 59.0 Å². The average Bonchev–Trinajstić information content (AvgIpc) is 3.19. The van der Waals surface area contributed by atoms with Gasteiger partial charge in [-0.15, -0.1) is 15.0 Å². The van der Waals surface area contributed by atoms with Crippen LogP contribution in [0.4, 0.5) is 0 Å². The zero-order valence-corrected chi connectivity index (χ0v) is 20.3. The van der Waals surface area contributed by atoms with Crippen molar-refractivity contribution in [2.75, 3.05) is 6.61 Å². The molecule has 8 heteroatoms. The van der Waals surface area contributed by atoms with Crippen LogP contribution in [-0.4, -0.2) is 44.7 Å². The van der Waals surface area contributed by atoms with Crippen molar-refractivity contribution in [2.24, 2.45) is 0 Å². The van der Waals surface area contributed by atoms with Crippen molar-refractivity contribution in [1.29, 1.82) is 0 Å². The molecule has 1 atom stereocenters. The molecule has 8 nitrogen and oxygen atoms in total. The van der Waals surface area contributed by atoms with Crippen molar-refractivity contribution in [3.63, 3.8) is 0 Å². The number of phenols is 1. The van der Waals surface area contributed by atoms with E-state index in [9.17, 15) is 14.7 Å². The first kappa shape index (κ1) is 25.0. The molecular formula is C26H31N3O5. The molecule has 0 saturated heterocycles. The Balaban J connectivity index is 1.77. The number of benzene rings is 2. The minimum absolute atomic E-state index is 0.0342. The number of ether oxygens (including phenoxy) is 2. The number of aromatic hydroxyl groups is 1. The Bertz CT molecular complexity index is 1190. The molecule has 1 heterocycles. The summed E-state index contributed by atoms with van der Waals surface area (Å²) < 4.78 is 10.4. The highest BCUT2D eigenvalue weighted by atomic mass is 16.6. The van der Waals surface area contributed by atoms with Crippen LogP contribution in [-0.2, 0) is 30.9 Å². The topological polar surface area (TPSA) is 104 Å². The van der Waals surface area contributed by atoms with Crippen LogP contribution in [0.2, 0.25) is 0 Å². The number of rotatable bonds is 8. The zero-order chi connectivity index (χ0) is 25.0. The number of nitrogens with zero attached hydrogens (tertiary/aromatic N) is 3. The molecule has 0 radical (unpaired) electrons. The van der Waals surface area contributed by atoms with E-state index in [1.165, 1.54) is 4.80 Å². The van der Waals surface area contributed by atoms with Crippen LogP contribution in [0.5, 0.6) is 5.75 Å². The number of hydrogen-bond donors (Lipinski definition) is 1.